The minimum absolute atomic E-state index is 0.0720. The minimum Gasteiger partial charge on any atom is -0.468 e. The fraction of sp³-hybridized carbons (Fsp3) is 0.250. The SMILES string of the molecule is C=C1CN(C)[C@H](c2ccccc2)[C@@]1(C(=O)OC)S(=O)(=O)c1ccccc1. The first-order chi connectivity index (χ1) is 12.4. The highest BCUT2D eigenvalue weighted by Gasteiger charge is 2.65. The van der Waals surface area contributed by atoms with Gasteiger partial charge in [-0.3, -0.25) is 4.90 Å². The van der Waals surface area contributed by atoms with Gasteiger partial charge in [-0.2, -0.15) is 0 Å². The van der Waals surface area contributed by atoms with Gasteiger partial charge in [0.05, 0.1) is 18.0 Å². The Labute approximate surface area is 153 Å². The topological polar surface area (TPSA) is 63.7 Å². The summed E-state index contributed by atoms with van der Waals surface area (Å²) in [6.45, 7) is 4.25. The lowest BCUT2D eigenvalue weighted by Crippen LogP contribution is -2.52. The molecule has 0 radical (unpaired) electrons. The quantitative estimate of drug-likeness (QED) is 0.611. The molecule has 3 rings (SSSR count). The van der Waals surface area contributed by atoms with E-state index in [0.29, 0.717) is 5.57 Å². The maximum Gasteiger partial charge on any atom is 0.333 e. The molecule has 1 heterocycles. The van der Waals surface area contributed by atoms with Crippen LogP contribution in [0.15, 0.2) is 77.7 Å². The van der Waals surface area contributed by atoms with Crippen LogP contribution in [0.4, 0.5) is 0 Å². The smallest absolute Gasteiger partial charge is 0.333 e. The van der Waals surface area contributed by atoms with E-state index >= 15 is 0 Å². The summed E-state index contributed by atoms with van der Waals surface area (Å²) >= 11 is 0. The summed E-state index contributed by atoms with van der Waals surface area (Å²) < 4.78 is 30.5. The summed E-state index contributed by atoms with van der Waals surface area (Å²) in [7, 11) is -1.11. The largest absolute Gasteiger partial charge is 0.468 e. The van der Waals surface area contributed by atoms with E-state index in [4.69, 9.17) is 4.74 Å². The van der Waals surface area contributed by atoms with Crippen LogP contribution in [-0.4, -0.2) is 44.7 Å². The van der Waals surface area contributed by atoms with Crippen molar-refractivity contribution in [3.8, 4) is 0 Å². The third-order valence-corrected chi connectivity index (χ3v) is 7.29. The molecule has 1 saturated heterocycles. The third-order valence-electron chi connectivity index (χ3n) is 4.87. The Kier molecular flexibility index (Phi) is 4.73. The molecule has 0 saturated carbocycles. The fourth-order valence-electron chi connectivity index (χ4n) is 3.78. The molecule has 0 unspecified atom stereocenters. The number of likely N-dealkylation sites (N-methyl/N-ethyl adjacent to an activating group) is 1. The van der Waals surface area contributed by atoms with Crippen molar-refractivity contribution in [2.24, 2.45) is 0 Å². The van der Waals surface area contributed by atoms with Gasteiger partial charge in [0.15, 0.2) is 0 Å². The molecule has 26 heavy (non-hydrogen) atoms. The van der Waals surface area contributed by atoms with Crippen LogP contribution in [0.5, 0.6) is 0 Å². The predicted octanol–water partition coefficient (Wildman–Crippen LogP) is 2.62. The average Bonchev–Trinajstić information content (AvgIpc) is 2.93. The number of hydrogen-bond donors (Lipinski definition) is 0. The first-order valence-electron chi connectivity index (χ1n) is 8.19. The molecule has 0 aliphatic carbocycles. The van der Waals surface area contributed by atoms with Crippen molar-refractivity contribution in [1.29, 1.82) is 0 Å². The van der Waals surface area contributed by atoms with E-state index in [1.807, 2.05) is 35.2 Å². The van der Waals surface area contributed by atoms with Crippen LogP contribution in [0.3, 0.4) is 0 Å². The molecule has 6 heteroatoms. The number of carbonyl (C=O) groups is 1. The van der Waals surface area contributed by atoms with Crippen LogP contribution in [0, 0.1) is 0 Å². The second kappa shape index (κ2) is 6.70. The van der Waals surface area contributed by atoms with Gasteiger partial charge in [0.1, 0.15) is 0 Å². The summed E-state index contributed by atoms with van der Waals surface area (Å²) in [4.78, 5) is 14.9. The van der Waals surface area contributed by atoms with Gasteiger partial charge in [0.25, 0.3) is 0 Å². The highest BCUT2D eigenvalue weighted by molar-refractivity contribution is 7.94. The Balaban J connectivity index is 2.34. The van der Waals surface area contributed by atoms with Gasteiger partial charge in [-0.1, -0.05) is 55.1 Å². The van der Waals surface area contributed by atoms with Crippen LogP contribution in [-0.2, 0) is 19.4 Å². The first-order valence-corrected chi connectivity index (χ1v) is 9.67. The van der Waals surface area contributed by atoms with E-state index in [1.54, 1.807) is 25.2 Å². The van der Waals surface area contributed by atoms with Gasteiger partial charge in [-0.15, -0.1) is 0 Å². The highest BCUT2D eigenvalue weighted by Crippen LogP contribution is 2.50. The molecule has 2 aromatic rings. The van der Waals surface area contributed by atoms with E-state index in [2.05, 4.69) is 6.58 Å². The number of carbonyl (C=O) groups excluding carboxylic acids is 1. The maximum absolute atomic E-state index is 13.7. The molecule has 1 aliphatic rings. The first kappa shape index (κ1) is 18.4. The monoisotopic (exact) mass is 371 g/mol. The van der Waals surface area contributed by atoms with E-state index in [0.717, 1.165) is 5.56 Å². The summed E-state index contributed by atoms with van der Waals surface area (Å²) in [5.74, 6) is -0.815. The molecule has 0 bridgehead atoms. The number of esters is 1. The van der Waals surface area contributed by atoms with Crippen LogP contribution in [0.1, 0.15) is 11.6 Å². The molecule has 0 amide bonds. The van der Waals surface area contributed by atoms with Crippen LogP contribution < -0.4 is 0 Å². The van der Waals surface area contributed by atoms with Gasteiger partial charge < -0.3 is 4.74 Å². The number of ether oxygens (including phenoxy) is 1. The Hall–Kier alpha value is -2.44. The molecule has 2 aromatic carbocycles. The number of nitrogens with zero attached hydrogens (tertiary/aromatic N) is 1. The lowest BCUT2D eigenvalue weighted by Gasteiger charge is -2.35. The Morgan fingerprint density at radius 3 is 2.19 bits per heavy atom. The molecule has 5 nitrogen and oxygen atoms in total. The highest BCUT2D eigenvalue weighted by atomic mass is 32.2. The maximum atomic E-state index is 13.7. The molecule has 1 fully saturated rings. The second-order valence-electron chi connectivity index (χ2n) is 6.38. The van der Waals surface area contributed by atoms with E-state index in [-0.39, 0.29) is 11.4 Å². The summed E-state index contributed by atoms with van der Waals surface area (Å²) in [6.07, 6.45) is 0. The van der Waals surface area contributed by atoms with Crippen molar-refractivity contribution >= 4 is 15.8 Å². The van der Waals surface area contributed by atoms with Gasteiger partial charge in [0, 0.05) is 6.54 Å². The second-order valence-corrected chi connectivity index (χ2v) is 8.50. The number of benzene rings is 2. The van der Waals surface area contributed by atoms with Gasteiger partial charge in [-0.05, 0) is 30.3 Å². The molecule has 2 atom stereocenters. The molecule has 136 valence electrons. The van der Waals surface area contributed by atoms with Crippen LogP contribution in [0.25, 0.3) is 0 Å². The van der Waals surface area contributed by atoms with E-state index in [1.165, 1.54) is 19.2 Å². The molecule has 0 spiro atoms. The van der Waals surface area contributed by atoms with Gasteiger partial charge >= 0.3 is 5.97 Å². The molecule has 0 aromatic heterocycles. The number of hydrogen-bond acceptors (Lipinski definition) is 5. The lowest BCUT2D eigenvalue weighted by atomic mass is 9.90. The van der Waals surface area contributed by atoms with Crippen molar-refractivity contribution in [2.45, 2.75) is 15.7 Å². The van der Waals surface area contributed by atoms with Crippen LogP contribution in [0.2, 0.25) is 0 Å². The lowest BCUT2D eigenvalue weighted by molar-refractivity contribution is -0.143. The van der Waals surface area contributed by atoms with Crippen molar-refractivity contribution in [3.63, 3.8) is 0 Å². The summed E-state index contributed by atoms with van der Waals surface area (Å²) in [5.41, 5.74) is 1.03. The molecular weight excluding hydrogens is 350 g/mol. The fourth-order valence-corrected chi connectivity index (χ4v) is 6.02. The summed E-state index contributed by atoms with van der Waals surface area (Å²) in [5, 5.41) is 0. The summed E-state index contributed by atoms with van der Waals surface area (Å²) in [6, 6.07) is 16.4. The zero-order valence-corrected chi connectivity index (χ0v) is 15.6. The van der Waals surface area contributed by atoms with Crippen molar-refractivity contribution < 1.29 is 17.9 Å². The zero-order valence-electron chi connectivity index (χ0n) is 14.8. The normalized spacial score (nSPS) is 23.8. The van der Waals surface area contributed by atoms with E-state index < -0.39 is 26.6 Å². The van der Waals surface area contributed by atoms with Crippen molar-refractivity contribution in [3.05, 3.63) is 78.4 Å². The average molecular weight is 371 g/mol. The molecular formula is C20H21NO4S. The van der Waals surface area contributed by atoms with Gasteiger partial charge in [0.2, 0.25) is 14.6 Å². The number of methoxy groups -OCH3 is 1. The molecule has 0 N–H and O–H groups in total. The Morgan fingerprint density at radius 1 is 1.12 bits per heavy atom. The van der Waals surface area contributed by atoms with E-state index in [9.17, 15) is 13.2 Å². The Morgan fingerprint density at radius 2 is 1.65 bits per heavy atom. The minimum atomic E-state index is -4.11. The van der Waals surface area contributed by atoms with Gasteiger partial charge in [-0.25, -0.2) is 13.2 Å². The number of rotatable bonds is 4. The predicted molar refractivity (Wildman–Crippen MR) is 99.3 cm³/mol. The third kappa shape index (κ3) is 2.48. The standard InChI is InChI=1S/C20H21NO4S/c1-15-14-21(2)18(16-10-6-4-7-11-16)20(15,19(22)25-3)26(23,24)17-12-8-5-9-13-17/h4-13,18H,1,14H2,2-3H3/t18-,20+/m1/s1. The zero-order chi connectivity index (χ0) is 18.9. The Bertz CT molecular complexity index is 915. The number of sulfone groups is 1. The van der Waals surface area contributed by atoms with Crippen molar-refractivity contribution in [1.82, 2.24) is 4.90 Å². The number of likely N-dealkylation sites (tertiary alicyclic amines) is 1. The van der Waals surface area contributed by atoms with Crippen LogP contribution >= 0.6 is 0 Å². The van der Waals surface area contributed by atoms with Crippen molar-refractivity contribution in [2.75, 3.05) is 20.7 Å². The molecule has 1 aliphatic heterocycles.